The first kappa shape index (κ1) is 58.7. The molecule has 0 bridgehead atoms. The Kier molecular flexibility index (Phi) is 13.6. The minimum absolute atomic E-state index is 0.119. The Labute approximate surface area is 566 Å². The maximum Gasteiger partial charge on any atom is 0.0465 e. The van der Waals surface area contributed by atoms with Gasteiger partial charge in [-0.05, 0) is 206 Å². The first-order valence-electron chi connectivity index (χ1n) is 34.0. The van der Waals surface area contributed by atoms with Gasteiger partial charge in [-0.15, -0.1) is 0 Å². The molecule has 0 amide bonds. The van der Waals surface area contributed by atoms with Gasteiger partial charge in [0.05, 0.1) is 0 Å². The SMILES string of the molecule is CC1(C)c2ccccc2-c2ccc(N(c3ccc(-c4ccccc4)cc3)c3ccc4c(c3)C(C)(C)c3cc(C=Cc5ccc(C=Cc6ccc7c(c6)C(C)(C)c6cc(N(c8ccc(-c9ccccc9)cc8)c8ccc9c(c8)C(C)(C)c8ccccc8-9)ccc6-7)cc5)ccc3-4)cc21. The van der Waals surface area contributed by atoms with Crippen molar-refractivity contribution in [2.45, 2.75) is 77.0 Å². The Balaban J connectivity index is 0.613. The van der Waals surface area contributed by atoms with Gasteiger partial charge in [-0.3, -0.25) is 0 Å². The zero-order valence-corrected chi connectivity index (χ0v) is 55.9. The van der Waals surface area contributed by atoms with Crippen LogP contribution in [0.25, 0.3) is 91.1 Å². The summed E-state index contributed by atoms with van der Waals surface area (Å²) in [6.07, 6.45) is 9.03. The largest absolute Gasteiger partial charge is 0.310 e. The maximum atomic E-state index is 2.46. The molecule has 0 heterocycles. The summed E-state index contributed by atoms with van der Waals surface area (Å²) in [6.45, 7) is 19.0. The van der Waals surface area contributed by atoms with Crippen LogP contribution in [0, 0.1) is 0 Å². The van der Waals surface area contributed by atoms with Crippen LogP contribution < -0.4 is 9.80 Å². The summed E-state index contributed by atoms with van der Waals surface area (Å²) in [5.41, 5.74) is 37.2. The Hall–Kier alpha value is -11.1. The lowest BCUT2D eigenvalue weighted by Gasteiger charge is -2.30. The van der Waals surface area contributed by atoms with Crippen molar-refractivity contribution in [2.75, 3.05) is 9.80 Å². The lowest BCUT2D eigenvalue weighted by atomic mass is 9.81. The van der Waals surface area contributed by atoms with E-state index in [9.17, 15) is 0 Å². The molecule has 0 N–H and O–H groups in total. The van der Waals surface area contributed by atoms with Crippen LogP contribution in [0.4, 0.5) is 34.1 Å². The molecule has 2 heteroatoms. The number of nitrogens with zero attached hydrogens (tertiary/aromatic N) is 2. The Bertz CT molecular complexity index is 4970. The van der Waals surface area contributed by atoms with Gasteiger partial charge >= 0.3 is 0 Å². The standard InChI is InChI=1S/C94H76N2/c1-91(2)83-25-17-15-23-75(83)79-51-45-71(57-87(79)91)95(69-41-37-67(38-42-69)65-19-11-9-12-20-65)73-47-53-81-77-49-35-63(55-85(77)93(5,6)89(81)59-73)33-31-61-27-29-62(30-28-61)32-34-64-36-50-78-82-54-48-74(60-90(82)94(7,8)86(78)56-64)96(70-43-39-68(40-44-70)66-21-13-10-14-22-66)72-46-52-80-76-24-16-18-26-84(76)92(3,4)88(80)58-72/h9-60H,1-8H3. The van der Waals surface area contributed by atoms with E-state index in [1.165, 1.54) is 134 Å². The third-order valence-corrected chi connectivity index (χ3v) is 21.9. The molecule has 0 aliphatic heterocycles. The Morgan fingerprint density at radius 3 is 0.750 bits per heavy atom. The lowest BCUT2D eigenvalue weighted by Crippen LogP contribution is -2.18. The lowest BCUT2D eigenvalue weighted by molar-refractivity contribution is 0.659. The van der Waals surface area contributed by atoms with Crippen molar-refractivity contribution in [3.63, 3.8) is 0 Å². The fraction of sp³-hybridized carbons (Fsp3) is 0.128. The van der Waals surface area contributed by atoms with Gasteiger partial charge in [0.1, 0.15) is 0 Å². The van der Waals surface area contributed by atoms with E-state index in [0.29, 0.717) is 0 Å². The molecule has 4 aliphatic rings. The highest BCUT2D eigenvalue weighted by molar-refractivity contribution is 5.92. The van der Waals surface area contributed by atoms with Crippen LogP contribution in [0.15, 0.2) is 291 Å². The summed E-state index contributed by atoms with van der Waals surface area (Å²) >= 11 is 0. The molecule has 4 aliphatic carbocycles. The van der Waals surface area contributed by atoms with Gasteiger partial charge in [0.2, 0.25) is 0 Å². The molecule has 0 spiro atoms. The summed E-state index contributed by atoms with van der Waals surface area (Å²) in [7, 11) is 0. The number of benzene rings is 13. The van der Waals surface area contributed by atoms with Crippen molar-refractivity contribution in [1.29, 1.82) is 0 Å². The molecule has 0 atom stereocenters. The highest BCUT2D eigenvalue weighted by Gasteiger charge is 2.41. The molecule has 0 radical (unpaired) electrons. The van der Waals surface area contributed by atoms with Crippen molar-refractivity contribution in [2.24, 2.45) is 0 Å². The van der Waals surface area contributed by atoms with Crippen LogP contribution in [0.5, 0.6) is 0 Å². The fourth-order valence-corrected chi connectivity index (χ4v) is 16.5. The normalized spacial score (nSPS) is 14.9. The molecule has 0 unspecified atom stereocenters. The second-order valence-corrected chi connectivity index (χ2v) is 29.0. The molecular formula is C94H76N2. The number of anilines is 6. The topological polar surface area (TPSA) is 6.48 Å². The van der Waals surface area contributed by atoms with Crippen molar-refractivity contribution in [1.82, 2.24) is 0 Å². The van der Waals surface area contributed by atoms with Gasteiger partial charge in [-0.2, -0.15) is 0 Å². The molecule has 0 saturated carbocycles. The van der Waals surface area contributed by atoms with Gasteiger partial charge in [-0.25, -0.2) is 0 Å². The summed E-state index contributed by atoms with van der Waals surface area (Å²) in [5.74, 6) is 0. The van der Waals surface area contributed by atoms with Gasteiger partial charge < -0.3 is 9.80 Å². The quantitative estimate of drug-likeness (QED) is 0.113. The molecule has 96 heavy (non-hydrogen) atoms. The third-order valence-electron chi connectivity index (χ3n) is 21.9. The Morgan fingerprint density at radius 1 is 0.188 bits per heavy atom. The minimum Gasteiger partial charge on any atom is -0.310 e. The van der Waals surface area contributed by atoms with E-state index in [2.05, 4.69) is 381 Å². The van der Waals surface area contributed by atoms with E-state index in [4.69, 9.17) is 0 Å². The van der Waals surface area contributed by atoms with Crippen molar-refractivity contribution >= 4 is 58.4 Å². The van der Waals surface area contributed by atoms with E-state index in [0.717, 1.165) is 34.1 Å². The Morgan fingerprint density at radius 2 is 0.417 bits per heavy atom. The molecule has 0 fully saturated rings. The molecule has 2 nitrogen and oxygen atoms in total. The smallest absolute Gasteiger partial charge is 0.0465 e. The average Bonchev–Trinajstić information content (AvgIpc) is 1.59. The molecule has 0 aromatic heterocycles. The summed E-state index contributed by atoms with van der Waals surface area (Å²) in [6, 6.07) is 109. The van der Waals surface area contributed by atoms with E-state index in [1.54, 1.807) is 0 Å². The van der Waals surface area contributed by atoms with Crippen LogP contribution in [-0.2, 0) is 21.7 Å². The van der Waals surface area contributed by atoms with Crippen LogP contribution in [0.1, 0.15) is 122 Å². The summed E-state index contributed by atoms with van der Waals surface area (Å²) in [4.78, 5) is 4.92. The maximum absolute atomic E-state index is 2.46. The molecule has 17 rings (SSSR count). The average molecular weight is 1230 g/mol. The number of hydrogen-bond acceptors (Lipinski definition) is 2. The first-order chi connectivity index (χ1) is 46.6. The predicted octanol–water partition coefficient (Wildman–Crippen LogP) is 25.5. The number of hydrogen-bond donors (Lipinski definition) is 0. The molecule has 0 saturated heterocycles. The highest BCUT2D eigenvalue weighted by atomic mass is 15.1. The highest BCUT2D eigenvalue weighted by Crippen LogP contribution is 2.56. The first-order valence-corrected chi connectivity index (χ1v) is 34.0. The second kappa shape index (κ2) is 22.3. The predicted molar refractivity (Wildman–Crippen MR) is 408 cm³/mol. The van der Waals surface area contributed by atoms with Crippen molar-refractivity contribution in [3.8, 4) is 66.8 Å². The van der Waals surface area contributed by atoms with Crippen LogP contribution in [0.2, 0.25) is 0 Å². The third kappa shape index (κ3) is 9.59. The summed E-state index contributed by atoms with van der Waals surface area (Å²) < 4.78 is 0. The van der Waals surface area contributed by atoms with Crippen LogP contribution >= 0.6 is 0 Å². The minimum atomic E-state index is -0.222. The fourth-order valence-electron chi connectivity index (χ4n) is 16.5. The van der Waals surface area contributed by atoms with E-state index in [1.807, 2.05) is 0 Å². The number of rotatable bonds is 12. The molecule has 13 aromatic carbocycles. The second-order valence-electron chi connectivity index (χ2n) is 29.0. The zero-order valence-electron chi connectivity index (χ0n) is 55.9. The van der Waals surface area contributed by atoms with E-state index < -0.39 is 0 Å². The van der Waals surface area contributed by atoms with Gasteiger partial charge in [0, 0.05) is 55.8 Å². The number of fused-ring (bicyclic) bond motifs is 12. The molecule has 13 aromatic rings. The molecule has 462 valence electrons. The van der Waals surface area contributed by atoms with Crippen LogP contribution in [0.3, 0.4) is 0 Å². The summed E-state index contributed by atoms with van der Waals surface area (Å²) in [5, 5.41) is 0. The molecular weight excluding hydrogens is 1160 g/mol. The van der Waals surface area contributed by atoms with Crippen molar-refractivity contribution in [3.05, 3.63) is 358 Å². The van der Waals surface area contributed by atoms with E-state index >= 15 is 0 Å². The van der Waals surface area contributed by atoms with Crippen LogP contribution in [-0.4, -0.2) is 0 Å². The van der Waals surface area contributed by atoms with Gasteiger partial charge in [-0.1, -0.05) is 298 Å². The van der Waals surface area contributed by atoms with Gasteiger partial charge in [0.15, 0.2) is 0 Å². The van der Waals surface area contributed by atoms with E-state index in [-0.39, 0.29) is 21.7 Å². The van der Waals surface area contributed by atoms with Gasteiger partial charge in [0.25, 0.3) is 0 Å². The monoisotopic (exact) mass is 1230 g/mol. The van der Waals surface area contributed by atoms with Crippen molar-refractivity contribution < 1.29 is 0 Å². The zero-order chi connectivity index (χ0) is 65.2.